The summed E-state index contributed by atoms with van der Waals surface area (Å²) in [5.41, 5.74) is -0.760. The van der Waals surface area contributed by atoms with Crippen LogP contribution in [0.5, 0.6) is 0 Å². The molecule has 1 rings (SSSR count). The first-order chi connectivity index (χ1) is 11.3. The molecule has 10 heteroatoms. The van der Waals surface area contributed by atoms with Crippen LogP contribution in [0, 0.1) is 5.92 Å². The number of halogens is 3. The van der Waals surface area contributed by atoms with Crippen molar-refractivity contribution >= 4 is 16.0 Å². The van der Waals surface area contributed by atoms with Gasteiger partial charge in [-0.2, -0.15) is 13.2 Å². The summed E-state index contributed by atoms with van der Waals surface area (Å²) in [6, 6.07) is -0.0672. The topological polar surface area (TPSA) is 82.6 Å². The first kappa shape index (κ1) is 22.0. The molecule has 0 aromatic heterocycles. The van der Waals surface area contributed by atoms with Crippen molar-refractivity contribution in [1.29, 1.82) is 0 Å². The van der Waals surface area contributed by atoms with Crippen LogP contribution in [0.15, 0.2) is 4.99 Å². The maximum Gasteiger partial charge on any atom is 0.391 e. The van der Waals surface area contributed by atoms with Gasteiger partial charge in [-0.3, -0.25) is 4.99 Å². The minimum atomic E-state index is -4.12. The van der Waals surface area contributed by atoms with E-state index in [1.54, 1.807) is 13.8 Å². The first-order valence-corrected chi connectivity index (χ1v) is 10.3. The van der Waals surface area contributed by atoms with Gasteiger partial charge in [-0.15, -0.1) is 0 Å². The average Bonchev–Trinajstić information content (AvgIpc) is 2.42. The molecule has 0 aromatic rings. The summed E-state index contributed by atoms with van der Waals surface area (Å²) in [7, 11) is -3.36. The number of aliphatic imine (C=N–C) groups is 1. The fourth-order valence-corrected chi connectivity index (χ4v) is 3.96. The van der Waals surface area contributed by atoms with Crippen molar-refractivity contribution in [3.05, 3.63) is 0 Å². The van der Waals surface area contributed by atoms with Gasteiger partial charge < -0.3 is 10.6 Å². The van der Waals surface area contributed by atoms with E-state index in [1.165, 1.54) is 0 Å². The van der Waals surface area contributed by atoms with Crippen LogP contribution in [0.25, 0.3) is 0 Å². The van der Waals surface area contributed by atoms with Crippen LogP contribution in [-0.2, 0) is 10.0 Å². The second-order valence-electron chi connectivity index (χ2n) is 7.19. The Hall–Kier alpha value is -1.03. The van der Waals surface area contributed by atoms with Gasteiger partial charge in [0.2, 0.25) is 10.0 Å². The summed E-state index contributed by atoms with van der Waals surface area (Å²) in [4.78, 5) is 4.38. The highest BCUT2D eigenvalue weighted by molar-refractivity contribution is 7.88. The number of alkyl halides is 3. The number of guanidine groups is 1. The minimum absolute atomic E-state index is 0.0672. The lowest BCUT2D eigenvalue weighted by molar-refractivity contribution is -0.182. The Balaban J connectivity index is 2.63. The largest absolute Gasteiger partial charge is 0.391 e. The lowest BCUT2D eigenvalue weighted by Gasteiger charge is -2.31. The van der Waals surface area contributed by atoms with Crippen LogP contribution in [0.3, 0.4) is 0 Å². The van der Waals surface area contributed by atoms with Crippen molar-refractivity contribution < 1.29 is 21.6 Å². The van der Waals surface area contributed by atoms with Crippen LogP contribution in [-0.4, -0.2) is 51.5 Å². The molecule has 0 atom stereocenters. The van der Waals surface area contributed by atoms with E-state index in [1.807, 2.05) is 6.92 Å². The number of hydrogen-bond acceptors (Lipinski definition) is 3. The molecule has 1 saturated carbocycles. The third kappa shape index (κ3) is 8.75. The molecule has 25 heavy (non-hydrogen) atoms. The van der Waals surface area contributed by atoms with Crippen LogP contribution >= 0.6 is 0 Å². The van der Waals surface area contributed by atoms with E-state index >= 15 is 0 Å². The van der Waals surface area contributed by atoms with E-state index < -0.39 is 27.7 Å². The van der Waals surface area contributed by atoms with Gasteiger partial charge in [0.1, 0.15) is 0 Å². The number of rotatable bonds is 6. The third-order valence-corrected chi connectivity index (χ3v) is 4.89. The summed E-state index contributed by atoms with van der Waals surface area (Å²) >= 11 is 0. The van der Waals surface area contributed by atoms with E-state index in [-0.39, 0.29) is 25.4 Å². The molecule has 0 unspecified atom stereocenters. The maximum atomic E-state index is 12.7. The number of nitrogens with one attached hydrogen (secondary N) is 3. The van der Waals surface area contributed by atoms with Gasteiger partial charge in [-0.25, -0.2) is 13.1 Å². The fraction of sp³-hybridized carbons (Fsp3) is 0.933. The zero-order valence-electron chi connectivity index (χ0n) is 15.2. The lowest BCUT2D eigenvalue weighted by atomic mass is 9.85. The van der Waals surface area contributed by atoms with Crippen molar-refractivity contribution in [2.75, 3.05) is 19.3 Å². The SMILES string of the molecule is CCNC(=NCC(C)(C)NS(C)(=O)=O)NC1CCC(C(F)(F)F)CC1. The van der Waals surface area contributed by atoms with Gasteiger partial charge in [-0.05, 0) is 46.5 Å². The maximum absolute atomic E-state index is 12.7. The molecular weight excluding hydrogens is 357 g/mol. The predicted molar refractivity (Wildman–Crippen MR) is 93.0 cm³/mol. The normalized spacial score (nSPS) is 23.4. The summed E-state index contributed by atoms with van der Waals surface area (Å²) in [6.07, 6.45) is -1.95. The second kappa shape index (κ2) is 8.57. The van der Waals surface area contributed by atoms with Crippen molar-refractivity contribution in [1.82, 2.24) is 15.4 Å². The van der Waals surface area contributed by atoms with Crippen molar-refractivity contribution in [3.8, 4) is 0 Å². The Labute approximate surface area is 148 Å². The van der Waals surface area contributed by atoms with E-state index in [4.69, 9.17) is 0 Å². The van der Waals surface area contributed by atoms with Gasteiger partial charge in [0.05, 0.1) is 18.7 Å². The van der Waals surface area contributed by atoms with Crippen LogP contribution < -0.4 is 15.4 Å². The Morgan fingerprint density at radius 1 is 1.16 bits per heavy atom. The third-order valence-electron chi connectivity index (χ3n) is 3.97. The van der Waals surface area contributed by atoms with E-state index in [0.717, 1.165) is 6.26 Å². The average molecular weight is 386 g/mol. The Bertz CT molecular complexity index is 554. The molecular formula is C15H29F3N4O2S. The minimum Gasteiger partial charge on any atom is -0.357 e. The van der Waals surface area contributed by atoms with Gasteiger partial charge in [0.15, 0.2) is 5.96 Å². The van der Waals surface area contributed by atoms with Crippen molar-refractivity contribution in [2.45, 2.75) is 64.2 Å². The standard InChI is InChI=1S/C15H29F3N4O2S/c1-5-19-13(20-10-14(2,3)22-25(4,23)24)21-12-8-6-11(7-9-12)15(16,17)18/h11-12,22H,5-10H2,1-4H3,(H2,19,20,21). The zero-order chi connectivity index (χ0) is 19.3. The molecule has 0 aliphatic heterocycles. The molecule has 0 aromatic carbocycles. The van der Waals surface area contributed by atoms with E-state index in [0.29, 0.717) is 25.3 Å². The fourth-order valence-electron chi connectivity index (χ4n) is 2.89. The molecule has 0 radical (unpaired) electrons. The highest BCUT2D eigenvalue weighted by Gasteiger charge is 2.41. The predicted octanol–water partition coefficient (Wildman–Crippen LogP) is 1.99. The Kier molecular flexibility index (Phi) is 7.54. The molecule has 0 heterocycles. The zero-order valence-corrected chi connectivity index (χ0v) is 16.0. The molecule has 0 amide bonds. The van der Waals surface area contributed by atoms with Crippen LogP contribution in [0.1, 0.15) is 46.5 Å². The number of hydrogen-bond donors (Lipinski definition) is 3. The molecule has 1 aliphatic carbocycles. The van der Waals surface area contributed by atoms with E-state index in [2.05, 4.69) is 20.3 Å². The van der Waals surface area contributed by atoms with Gasteiger partial charge in [0.25, 0.3) is 0 Å². The molecule has 0 spiro atoms. The van der Waals surface area contributed by atoms with E-state index in [9.17, 15) is 21.6 Å². The van der Waals surface area contributed by atoms with Crippen molar-refractivity contribution in [3.63, 3.8) is 0 Å². The summed E-state index contributed by atoms with van der Waals surface area (Å²) in [6.45, 7) is 6.12. The molecule has 3 N–H and O–H groups in total. The summed E-state index contributed by atoms with van der Waals surface area (Å²) < 4.78 is 63.4. The van der Waals surface area contributed by atoms with Gasteiger partial charge in [0, 0.05) is 18.1 Å². The molecule has 0 bridgehead atoms. The van der Waals surface area contributed by atoms with Crippen LogP contribution in [0.2, 0.25) is 0 Å². The van der Waals surface area contributed by atoms with Gasteiger partial charge in [-0.1, -0.05) is 0 Å². The molecule has 0 saturated heterocycles. The summed E-state index contributed by atoms with van der Waals surface area (Å²) in [5.74, 6) is -0.732. The number of sulfonamides is 1. The number of nitrogens with zero attached hydrogens (tertiary/aromatic N) is 1. The Morgan fingerprint density at radius 2 is 1.72 bits per heavy atom. The highest BCUT2D eigenvalue weighted by Crippen LogP contribution is 2.37. The smallest absolute Gasteiger partial charge is 0.357 e. The molecule has 148 valence electrons. The monoisotopic (exact) mass is 386 g/mol. The quantitative estimate of drug-likeness (QED) is 0.482. The molecule has 1 fully saturated rings. The van der Waals surface area contributed by atoms with Crippen molar-refractivity contribution in [2.24, 2.45) is 10.9 Å². The second-order valence-corrected chi connectivity index (χ2v) is 8.94. The Morgan fingerprint density at radius 3 is 2.16 bits per heavy atom. The molecule has 6 nitrogen and oxygen atoms in total. The lowest BCUT2D eigenvalue weighted by Crippen LogP contribution is -2.48. The molecule has 1 aliphatic rings. The highest BCUT2D eigenvalue weighted by atomic mass is 32.2. The van der Waals surface area contributed by atoms with Crippen LogP contribution in [0.4, 0.5) is 13.2 Å². The van der Waals surface area contributed by atoms with Gasteiger partial charge >= 0.3 is 6.18 Å². The first-order valence-electron chi connectivity index (χ1n) is 8.43. The summed E-state index contributed by atoms with van der Waals surface area (Å²) in [5, 5.41) is 6.20.